The Morgan fingerprint density at radius 2 is 1.85 bits per heavy atom. The summed E-state index contributed by atoms with van der Waals surface area (Å²) in [6, 6.07) is 12.7. The van der Waals surface area contributed by atoms with E-state index in [4.69, 9.17) is 4.98 Å². The molecule has 0 bridgehead atoms. The minimum atomic E-state index is 0.321. The highest BCUT2D eigenvalue weighted by Crippen LogP contribution is 2.37. The number of nitrogens with zero attached hydrogens (tertiary/aromatic N) is 4. The Hall–Kier alpha value is -3.65. The van der Waals surface area contributed by atoms with Crippen molar-refractivity contribution in [3.05, 3.63) is 77.5 Å². The molecule has 4 aromatic rings. The molecule has 168 valence electrons. The number of hydrogen-bond acceptors (Lipinski definition) is 7. The summed E-state index contributed by atoms with van der Waals surface area (Å²) in [6.07, 6.45) is 6.27. The van der Waals surface area contributed by atoms with Crippen LogP contribution in [0.4, 0.5) is 11.6 Å². The van der Waals surface area contributed by atoms with Crippen molar-refractivity contribution < 1.29 is 0 Å². The Morgan fingerprint density at radius 3 is 2.55 bits per heavy atom. The molecule has 0 aliphatic carbocycles. The standard InChI is InChI=1S/C25H27N7S/c1-15-13-27-25(28-20-7-5-19(6-8-20)14-32-12-11-26-18(32)4)29-24(15)22-10-9-21(33-22)23-16(2)30-31-17(23)3/h5-13,18,26H,14H2,1-4H3,(H,30,31)(H,27,28,29). The van der Waals surface area contributed by atoms with Gasteiger partial charge in [0.05, 0.1) is 22.4 Å². The van der Waals surface area contributed by atoms with Crippen LogP contribution in [-0.2, 0) is 6.54 Å². The molecule has 0 fully saturated rings. The molecule has 1 atom stereocenters. The number of aryl methyl sites for hydroxylation is 3. The highest BCUT2D eigenvalue weighted by Gasteiger charge is 2.15. The summed E-state index contributed by atoms with van der Waals surface area (Å²) < 4.78 is 0. The second kappa shape index (κ2) is 8.71. The fourth-order valence-corrected chi connectivity index (χ4v) is 5.21. The lowest BCUT2D eigenvalue weighted by atomic mass is 10.1. The molecule has 0 radical (unpaired) electrons. The van der Waals surface area contributed by atoms with Crippen LogP contribution in [-0.4, -0.2) is 31.2 Å². The normalized spacial score (nSPS) is 15.2. The second-order valence-electron chi connectivity index (χ2n) is 8.35. The molecule has 0 spiro atoms. The van der Waals surface area contributed by atoms with E-state index >= 15 is 0 Å². The Bertz CT molecular complexity index is 1280. The smallest absolute Gasteiger partial charge is 0.227 e. The van der Waals surface area contributed by atoms with E-state index in [0.29, 0.717) is 12.1 Å². The average Bonchev–Trinajstić information content (AvgIpc) is 3.52. The summed E-state index contributed by atoms with van der Waals surface area (Å²) in [5.41, 5.74) is 7.48. The molecule has 0 saturated carbocycles. The number of thiophene rings is 1. The molecule has 8 heteroatoms. The molecule has 1 aromatic carbocycles. The van der Waals surface area contributed by atoms with Crippen LogP contribution in [0.15, 0.2) is 55.0 Å². The number of hydrogen-bond donors (Lipinski definition) is 3. The first-order chi connectivity index (χ1) is 16.0. The van der Waals surface area contributed by atoms with Crippen molar-refractivity contribution in [2.75, 3.05) is 5.32 Å². The summed E-state index contributed by atoms with van der Waals surface area (Å²) in [7, 11) is 0. The van der Waals surface area contributed by atoms with Gasteiger partial charge in [-0.25, -0.2) is 9.97 Å². The lowest BCUT2D eigenvalue weighted by Crippen LogP contribution is -2.31. The number of H-pyrrole nitrogens is 1. The summed E-state index contributed by atoms with van der Waals surface area (Å²) in [5.74, 6) is 0.592. The Balaban J connectivity index is 1.34. The van der Waals surface area contributed by atoms with Crippen LogP contribution in [0.5, 0.6) is 0 Å². The lowest BCUT2D eigenvalue weighted by molar-refractivity contribution is 0.290. The van der Waals surface area contributed by atoms with Crippen LogP contribution in [0, 0.1) is 20.8 Å². The van der Waals surface area contributed by atoms with E-state index in [1.807, 2.05) is 26.2 Å². The summed E-state index contributed by atoms with van der Waals surface area (Å²) in [6.45, 7) is 9.14. The molecule has 0 amide bonds. The van der Waals surface area contributed by atoms with Crippen molar-refractivity contribution in [1.29, 1.82) is 0 Å². The van der Waals surface area contributed by atoms with Crippen LogP contribution in [0.2, 0.25) is 0 Å². The number of aromatic amines is 1. The second-order valence-corrected chi connectivity index (χ2v) is 9.43. The van der Waals surface area contributed by atoms with Crippen LogP contribution >= 0.6 is 11.3 Å². The summed E-state index contributed by atoms with van der Waals surface area (Å²) in [4.78, 5) is 13.9. The van der Waals surface area contributed by atoms with E-state index in [0.717, 1.165) is 39.8 Å². The van der Waals surface area contributed by atoms with Gasteiger partial charge >= 0.3 is 0 Å². The van der Waals surface area contributed by atoms with Crippen LogP contribution < -0.4 is 10.6 Å². The zero-order valence-electron chi connectivity index (χ0n) is 19.2. The largest absolute Gasteiger partial charge is 0.370 e. The number of nitrogens with one attached hydrogen (secondary N) is 3. The van der Waals surface area contributed by atoms with Crippen LogP contribution in [0.1, 0.15) is 29.4 Å². The monoisotopic (exact) mass is 457 g/mol. The predicted molar refractivity (Wildman–Crippen MR) is 134 cm³/mol. The topological polar surface area (TPSA) is 81.8 Å². The van der Waals surface area contributed by atoms with Gasteiger partial charge in [0.25, 0.3) is 0 Å². The van der Waals surface area contributed by atoms with E-state index in [1.165, 1.54) is 16.0 Å². The summed E-state index contributed by atoms with van der Waals surface area (Å²) in [5, 5.41) is 14.0. The highest BCUT2D eigenvalue weighted by molar-refractivity contribution is 7.18. The molecular formula is C25H27N7S. The van der Waals surface area contributed by atoms with Gasteiger partial charge in [-0.05, 0) is 63.1 Å². The van der Waals surface area contributed by atoms with Gasteiger partial charge in [0.1, 0.15) is 0 Å². The van der Waals surface area contributed by atoms with Gasteiger partial charge in [0.2, 0.25) is 5.95 Å². The third kappa shape index (κ3) is 4.34. The molecule has 33 heavy (non-hydrogen) atoms. The van der Waals surface area contributed by atoms with Crippen molar-refractivity contribution in [3.63, 3.8) is 0 Å². The van der Waals surface area contributed by atoms with Gasteiger partial charge < -0.3 is 15.5 Å². The van der Waals surface area contributed by atoms with E-state index in [2.05, 4.69) is 87.2 Å². The SMILES string of the molecule is Cc1cnc(Nc2ccc(CN3C=CNC3C)cc2)nc1-c1ccc(-c2c(C)n[nH]c2C)s1. The van der Waals surface area contributed by atoms with Crippen LogP contribution in [0.25, 0.3) is 21.0 Å². The minimum Gasteiger partial charge on any atom is -0.370 e. The number of anilines is 2. The van der Waals surface area contributed by atoms with Gasteiger partial charge in [-0.2, -0.15) is 5.10 Å². The zero-order valence-corrected chi connectivity index (χ0v) is 20.0. The van der Waals surface area contributed by atoms with Crippen molar-refractivity contribution >= 4 is 23.0 Å². The molecule has 5 rings (SSSR count). The fraction of sp³-hybridized carbons (Fsp3) is 0.240. The van der Waals surface area contributed by atoms with Crippen molar-refractivity contribution in [2.24, 2.45) is 0 Å². The van der Waals surface area contributed by atoms with Gasteiger partial charge in [-0.3, -0.25) is 5.10 Å². The minimum absolute atomic E-state index is 0.321. The molecule has 1 aliphatic rings. The molecule has 7 nitrogen and oxygen atoms in total. The van der Waals surface area contributed by atoms with E-state index < -0.39 is 0 Å². The molecule has 3 aromatic heterocycles. The lowest BCUT2D eigenvalue weighted by Gasteiger charge is -2.22. The van der Waals surface area contributed by atoms with E-state index in [-0.39, 0.29) is 0 Å². The third-order valence-corrected chi connectivity index (χ3v) is 6.97. The maximum Gasteiger partial charge on any atom is 0.227 e. The van der Waals surface area contributed by atoms with Crippen molar-refractivity contribution in [3.8, 4) is 21.0 Å². The molecule has 1 unspecified atom stereocenters. The number of benzene rings is 1. The maximum atomic E-state index is 4.83. The first kappa shape index (κ1) is 21.2. The van der Waals surface area contributed by atoms with E-state index in [1.54, 1.807) is 11.3 Å². The fourth-order valence-electron chi connectivity index (χ4n) is 3.99. The Morgan fingerprint density at radius 1 is 1.06 bits per heavy atom. The van der Waals surface area contributed by atoms with Gasteiger partial charge in [0.15, 0.2) is 0 Å². The number of rotatable bonds is 6. The quantitative estimate of drug-likeness (QED) is 0.355. The first-order valence-corrected chi connectivity index (χ1v) is 11.8. The molecule has 0 saturated heterocycles. The predicted octanol–water partition coefficient (Wildman–Crippen LogP) is 5.49. The average molecular weight is 458 g/mol. The third-order valence-electron chi connectivity index (χ3n) is 5.86. The zero-order chi connectivity index (χ0) is 22.9. The van der Waals surface area contributed by atoms with Gasteiger partial charge in [0, 0.05) is 47.0 Å². The van der Waals surface area contributed by atoms with Crippen molar-refractivity contribution in [1.82, 2.24) is 30.4 Å². The molecule has 4 heterocycles. The van der Waals surface area contributed by atoms with Crippen LogP contribution in [0.3, 0.4) is 0 Å². The van der Waals surface area contributed by atoms with E-state index in [9.17, 15) is 0 Å². The molecule has 1 aliphatic heterocycles. The van der Waals surface area contributed by atoms with Gasteiger partial charge in [-0.15, -0.1) is 11.3 Å². The molecule has 3 N–H and O–H groups in total. The Kier molecular flexibility index (Phi) is 5.60. The number of aromatic nitrogens is 4. The highest BCUT2D eigenvalue weighted by atomic mass is 32.1. The van der Waals surface area contributed by atoms with Gasteiger partial charge in [-0.1, -0.05) is 12.1 Å². The first-order valence-electron chi connectivity index (χ1n) is 11.0. The summed E-state index contributed by atoms with van der Waals surface area (Å²) >= 11 is 1.72. The Labute approximate surface area is 197 Å². The molecular weight excluding hydrogens is 430 g/mol. The van der Waals surface area contributed by atoms with Crippen molar-refractivity contribution in [2.45, 2.75) is 40.4 Å². The maximum absolute atomic E-state index is 4.83.